The molecule has 0 amide bonds. The van der Waals surface area contributed by atoms with Crippen molar-refractivity contribution in [1.29, 1.82) is 0 Å². The number of nitrogens with zero attached hydrogens (tertiary/aromatic N) is 1. The van der Waals surface area contributed by atoms with E-state index >= 15 is 0 Å². The van der Waals surface area contributed by atoms with E-state index in [0.29, 0.717) is 5.41 Å². The Morgan fingerprint density at radius 2 is 1.90 bits per heavy atom. The van der Waals surface area contributed by atoms with Crippen LogP contribution in [0.25, 0.3) is 6.08 Å². The molecule has 4 aliphatic rings. The molecule has 6 heteroatoms. The first-order valence-corrected chi connectivity index (χ1v) is 16.1. The molecule has 0 spiro atoms. The van der Waals surface area contributed by atoms with E-state index in [1.165, 1.54) is 107 Å². The third-order valence-corrected chi connectivity index (χ3v) is 11.7. The maximum atomic E-state index is 12.5. The number of allylic oxidation sites excluding steroid dienone is 1. The van der Waals surface area contributed by atoms with Crippen LogP contribution in [0.15, 0.2) is 34.5 Å². The van der Waals surface area contributed by atoms with E-state index in [0.717, 1.165) is 42.9 Å². The summed E-state index contributed by atoms with van der Waals surface area (Å²) in [4.78, 5) is 23.1. The average Bonchev–Trinajstić information content (AvgIpc) is 3.54. The highest BCUT2D eigenvalue weighted by Crippen LogP contribution is 2.66. The molecule has 7 atom stereocenters. The first-order valence-electron chi connectivity index (χ1n) is 16.1. The largest absolute Gasteiger partial charge is 0.459 e. The van der Waals surface area contributed by atoms with Crippen LogP contribution >= 0.6 is 0 Å². The van der Waals surface area contributed by atoms with E-state index in [9.17, 15) is 14.9 Å². The smallest absolute Gasteiger partial charge is 0.331 e. The molecule has 0 aromatic carbocycles. The van der Waals surface area contributed by atoms with Crippen LogP contribution in [0.1, 0.15) is 123 Å². The second-order valence-electron chi connectivity index (χ2n) is 13.7. The molecule has 0 N–H and O–H groups in total. The second kappa shape index (κ2) is 12.2. The van der Waals surface area contributed by atoms with E-state index in [1.807, 2.05) is 0 Å². The van der Waals surface area contributed by atoms with E-state index in [4.69, 9.17) is 9.15 Å². The average molecular weight is 552 g/mol. The van der Waals surface area contributed by atoms with E-state index in [1.54, 1.807) is 0 Å². The third-order valence-electron chi connectivity index (χ3n) is 11.7. The lowest BCUT2D eigenvalue weighted by molar-refractivity contribution is -0.385. The minimum atomic E-state index is -0.519. The number of nitro groups is 1. The van der Waals surface area contributed by atoms with Gasteiger partial charge in [-0.25, -0.2) is 4.79 Å². The van der Waals surface area contributed by atoms with Gasteiger partial charge in [-0.1, -0.05) is 70.9 Å². The Morgan fingerprint density at radius 3 is 2.70 bits per heavy atom. The van der Waals surface area contributed by atoms with Gasteiger partial charge in [0.2, 0.25) is 5.76 Å². The topological polar surface area (TPSA) is 82.6 Å². The van der Waals surface area contributed by atoms with Gasteiger partial charge in [0.15, 0.2) is 0 Å². The second-order valence-corrected chi connectivity index (χ2v) is 13.7. The van der Waals surface area contributed by atoms with Crippen LogP contribution in [0.2, 0.25) is 0 Å². The third kappa shape index (κ3) is 5.69. The number of fused-ring (bicyclic) bond motifs is 5. The lowest BCUT2D eigenvalue weighted by Crippen LogP contribution is -2.50. The van der Waals surface area contributed by atoms with Crippen molar-refractivity contribution in [2.45, 2.75) is 123 Å². The number of furan rings is 1. The summed E-state index contributed by atoms with van der Waals surface area (Å²) in [5.74, 6) is 2.91. The van der Waals surface area contributed by atoms with Gasteiger partial charge in [-0.2, -0.15) is 0 Å². The molecule has 3 saturated carbocycles. The molecular formula is C34H49NO5. The number of unbranched alkanes of at least 4 members (excludes halogenated alkanes) is 5. The Kier molecular flexibility index (Phi) is 8.92. The summed E-state index contributed by atoms with van der Waals surface area (Å²) >= 11 is 0. The zero-order valence-electron chi connectivity index (χ0n) is 24.9. The summed E-state index contributed by atoms with van der Waals surface area (Å²) in [6, 6.07) is 1.28. The number of ether oxygens (including phenoxy) is 1. The molecule has 0 saturated heterocycles. The van der Waals surface area contributed by atoms with Gasteiger partial charge in [0, 0.05) is 12.5 Å². The first kappa shape index (κ1) is 29.1. The Labute approximate surface area is 240 Å². The van der Waals surface area contributed by atoms with Gasteiger partial charge in [0.05, 0.1) is 17.3 Å². The summed E-state index contributed by atoms with van der Waals surface area (Å²) in [6.07, 6.45) is 25.5. The van der Waals surface area contributed by atoms with Crippen molar-refractivity contribution in [3.05, 3.63) is 45.9 Å². The lowest BCUT2D eigenvalue weighted by Gasteiger charge is -2.58. The molecule has 1 aromatic heterocycles. The Bertz CT molecular complexity index is 1120. The summed E-state index contributed by atoms with van der Waals surface area (Å²) in [6.45, 7) is 7.43. The fourth-order valence-corrected chi connectivity index (χ4v) is 9.42. The molecule has 3 fully saturated rings. The van der Waals surface area contributed by atoms with Crippen LogP contribution in [0.4, 0.5) is 5.69 Å². The Morgan fingerprint density at radius 1 is 1.10 bits per heavy atom. The van der Waals surface area contributed by atoms with Crippen LogP contribution in [-0.2, 0) is 9.53 Å². The monoisotopic (exact) mass is 551 g/mol. The highest BCUT2D eigenvalue weighted by molar-refractivity contribution is 5.87. The number of hydrogen-bond acceptors (Lipinski definition) is 5. The van der Waals surface area contributed by atoms with Crippen LogP contribution in [0.5, 0.6) is 0 Å². The first-order chi connectivity index (χ1) is 19.3. The van der Waals surface area contributed by atoms with Gasteiger partial charge in [-0.3, -0.25) is 10.1 Å². The molecular weight excluding hydrogens is 502 g/mol. The summed E-state index contributed by atoms with van der Waals surface area (Å²) in [5.41, 5.74) is 2.08. The number of rotatable bonds is 11. The number of esters is 1. The summed E-state index contributed by atoms with van der Waals surface area (Å²) < 4.78 is 10.9. The normalized spacial score (nSPS) is 35.1. The number of carbonyl (C=O) groups excluding carboxylic acids is 1. The lowest BCUT2D eigenvalue weighted by atomic mass is 9.47. The summed E-state index contributed by atoms with van der Waals surface area (Å²) in [5, 5.41) is 11.1. The van der Waals surface area contributed by atoms with Crippen molar-refractivity contribution in [2.24, 2.45) is 34.5 Å². The van der Waals surface area contributed by atoms with Crippen molar-refractivity contribution < 1.29 is 18.9 Å². The SMILES string of the molecule is CCCCCCCC[C@@H]1CC[C@@H]2[C@H]3CC=C4C[C@@H](OC(=O)/C=C\c5occc5[N+](=O)[O-])CC[C@]4(C)[C@@H]3CC[C@@]12C. The zero-order chi connectivity index (χ0) is 28.3. The van der Waals surface area contributed by atoms with Crippen molar-refractivity contribution in [1.82, 2.24) is 0 Å². The fourth-order valence-electron chi connectivity index (χ4n) is 9.42. The maximum absolute atomic E-state index is 12.5. The molecule has 1 aromatic rings. The van der Waals surface area contributed by atoms with Crippen molar-refractivity contribution in [3.8, 4) is 0 Å². The predicted molar refractivity (Wildman–Crippen MR) is 157 cm³/mol. The van der Waals surface area contributed by atoms with E-state index in [-0.39, 0.29) is 23.0 Å². The van der Waals surface area contributed by atoms with Gasteiger partial charge >= 0.3 is 11.7 Å². The standard InChI is InChI=1S/C34H49NO5/c1-4-5-6-7-8-9-10-24-12-14-28-27-13-11-25-23-26(17-20-34(25,3)29(27)18-21-33(24,28)2)40-32(36)16-15-31-30(35(37)38)19-22-39-31/h11,15-16,19,22,24,26-29H,4-10,12-14,17-18,20-21,23H2,1-3H3/b16-15-/t24-,26+,27-,28-,29-,33+,34+/m1/s1. The molecule has 6 nitrogen and oxygen atoms in total. The van der Waals surface area contributed by atoms with Crippen molar-refractivity contribution in [3.63, 3.8) is 0 Å². The highest BCUT2D eigenvalue weighted by atomic mass is 16.6. The van der Waals surface area contributed by atoms with Gasteiger partial charge in [0.1, 0.15) is 6.10 Å². The molecule has 0 aliphatic heterocycles. The van der Waals surface area contributed by atoms with Crippen molar-refractivity contribution >= 4 is 17.7 Å². The Balaban J connectivity index is 1.17. The maximum Gasteiger partial charge on any atom is 0.331 e. The quantitative estimate of drug-likeness (QED) is 0.0683. The van der Waals surface area contributed by atoms with E-state index < -0.39 is 10.9 Å². The molecule has 4 aliphatic carbocycles. The molecule has 0 bridgehead atoms. The van der Waals surface area contributed by atoms with Crippen LogP contribution in [-0.4, -0.2) is 17.0 Å². The van der Waals surface area contributed by atoms with Crippen molar-refractivity contribution in [2.75, 3.05) is 0 Å². The van der Waals surface area contributed by atoms with E-state index in [2.05, 4.69) is 26.8 Å². The minimum Gasteiger partial charge on any atom is -0.459 e. The van der Waals surface area contributed by atoms with Gasteiger partial charge in [-0.05, 0) is 91.9 Å². The molecule has 0 radical (unpaired) electrons. The molecule has 5 rings (SSSR count). The fraction of sp³-hybridized carbons (Fsp3) is 0.735. The molecule has 220 valence electrons. The van der Waals surface area contributed by atoms with Crippen LogP contribution in [0, 0.1) is 44.6 Å². The molecule has 1 heterocycles. The highest BCUT2D eigenvalue weighted by Gasteiger charge is 2.58. The Hall–Kier alpha value is -2.37. The number of carbonyl (C=O) groups is 1. The minimum absolute atomic E-state index is 0.0598. The van der Waals surface area contributed by atoms with Crippen LogP contribution in [0.3, 0.4) is 0 Å². The van der Waals surface area contributed by atoms with Crippen LogP contribution < -0.4 is 0 Å². The van der Waals surface area contributed by atoms with Gasteiger partial charge in [0.25, 0.3) is 0 Å². The predicted octanol–water partition coefficient (Wildman–Crippen LogP) is 9.44. The zero-order valence-corrected chi connectivity index (χ0v) is 24.9. The molecule has 40 heavy (non-hydrogen) atoms. The summed E-state index contributed by atoms with van der Waals surface area (Å²) in [7, 11) is 0. The van der Waals surface area contributed by atoms with Gasteiger partial charge in [-0.15, -0.1) is 0 Å². The number of hydrogen-bond donors (Lipinski definition) is 0. The molecule has 0 unspecified atom stereocenters. The van der Waals surface area contributed by atoms with Gasteiger partial charge < -0.3 is 9.15 Å².